The lowest BCUT2D eigenvalue weighted by Crippen LogP contribution is -2.57. The number of carbonyl (C=O) groups is 1. The van der Waals surface area contributed by atoms with Gasteiger partial charge in [0.05, 0.1) is 23.1 Å². The Hall–Kier alpha value is -3.05. The topological polar surface area (TPSA) is 70.1 Å². The summed E-state index contributed by atoms with van der Waals surface area (Å²) < 4.78 is 47.8. The normalized spacial score (nSPS) is 23.9. The number of carbonyl (C=O) groups excluding carboxylic acids is 1. The Kier molecular flexibility index (Phi) is 6.41. The summed E-state index contributed by atoms with van der Waals surface area (Å²) >= 11 is 5.74. The molecule has 11 heteroatoms. The molecule has 4 fully saturated rings. The number of benzene rings is 1. The molecule has 1 unspecified atom stereocenters. The van der Waals surface area contributed by atoms with Crippen LogP contribution in [0.5, 0.6) is 5.75 Å². The summed E-state index contributed by atoms with van der Waals surface area (Å²) in [4.78, 5) is 24.4. The molecule has 1 N–H and O–H groups in total. The van der Waals surface area contributed by atoms with E-state index < -0.39 is 17.3 Å². The Balaban J connectivity index is 1.27. The molecule has 0 radical (unpaired) electrons. The quantitative estimate of drug-likeness (QED) is 0.400. The highest BCUT2D eigenvalue weighted by atomic mass is 32.1. The van der Waals surface area contributed by atoms with E-state index in [4.69, 9.17) is 17.0 Å². The molecule has 2 aliphatic carbocycles. The number of aliphatic imine (C=N–C) groups is 1. The third-order valence-electron chi connectivity index (χ3n) is 8.60. The van der Waals surface area contributed by atoms with Crippen molar-refractivity contribution in [3.8, 4) is 5.75 Å². The minimum atomic E-state index is -4.67. The molecule has 2 saturated heterocycles. The minimum Gasteiger partial charge on any atom is -0.490 e. The van der Waals surface area contributed by atoms with Crippen LogP contribution >= 0.6 is 12.2 Å². The number of halogens is 3. The van der Waals surface area contributed by atoms with Crippen molar-refractivity contribution in [1.29, 1.82) is 0 Å². The van der Waals surface area contributed by atoms with Gasteiger partial charge in [-0.25, -0.2) is 0 Å². The highest BCUT2D eigenvalue weighted by molar-refractivity contribution is 7.81. The van der Waals surface area contributed by atoms with Gasteiger partial charge in [-0.3, -0.25) is 19.7 Å². The predicted molar refractivity (Wildman–Crippen MR) is 147 cm³/mol. The molecule has 1 aromatic heterocycles. The summed E-state index contributed by atoms with van der Waals surface area (Å²) in [6, 6.07) is 8.44. The number of amides is 1. The molecular formula is C28H30F3N5O2S. The molecule has 4 aliphatic rings. The van der Waals surface area contributed by atoms with E-state index >= 15 is 0 Å². The van der Waals surface area contributed by atoms with Gasteiger partial charge in [0.2, 0.25) is 0 Å². The van der Waals surface area contributed by atoms with Crippen LogP contribution in [0.1, 0.15) is 62.6 Å². The summed E-state index contributed by atoms with van der Waals surface area (Å²) in [6.45, 7) is 0.947. The Bertz CT molecular complexity index is 1320. The van der Waals surface area contributed by atoms with Gasteiger partial charge >= 0.3 is 6.18 Å². The molecule has 1 atom stereocenters. The molecule has 3 heterocycles. The fourth-order valence-electron chi connectivity index (χ4n) is 6.31. The van der Waals surface area contributed by atoms with Crippen LogP contribution in [0.2, 0.25) is 0 Å². The smallest absolute Gasteiger partial charge is 0.418 e. The van der Waals surface area contributed by atoms with Gasteiger partial charge in [-0.1, -0.05) is 0 Å². The van der Waals surface area contributed by atoms with Gasteiger partial charge in [0.15, 0.2) is 5.11 Å². The van der Waals surface area contributed by atoms with E-state index in [1.165, 1.54) is 37.4 Å². The lowest BCUT2D eigenvalue weighted by atomic mass is 9.71. The van der Waals surface area contributed by atoms with Gasteiger partial charge < -0.3 is 15.0 Å². The Morgan fingerprint density at radius 2 is 1.87 bits per heavy atom. The molecule has 39 heavy (non-hydrogen) atoms. The van der Waals surface area contributed by atoms with E-state index in [2.05, 4.69) is 15.3 Å². The van der Waals surface area contributed by atoms with Crippen LogP contribution in [0.15, 0.2) is 41.5 Å². The van der Waals surface area contributed by atoms with Crippen LogP contribution in [0, 0.1) is 0 Å². The molecule has 1 amide bonds. The third-order valence-corrected chi connectivity index (χ3v) is 8.97. The number of nitrogens with one attached hydrogen (secondary N) is 1. The fraction of sp³-hybridized carbons (Fsp3) is 0.500. The molecule has 2 spiro atoms. The van der Waals surface area contributed by atoms with Gasteiger partial charge in [0.1, 0.15) is 17.4 Å². The summed E-state index contributed by atoms with van der Waals surface area (Å²) in [6.07, 6.45) is 5.33. The highest BCUT2D eigenvalue weighted by Gasteiger charge is 2.59. The molecule has 6 rings (SSSR count). The lowest BCUT2D eigenvalue weighted by molar-refractivity contribution is -0.138. The summed E-state index contributed by atoms with van der Waals surface area (Å²) in [5.74, 6) is 0.426. The molecule has 2 aromatic rings. The van der Waals surface area contributed by atoms with Crippen molar-refractivity contribution < 1.29 is 22.7 Å². The number of pyridine rings is 1. The standard InChI is InChI=1S/C28H30F3N5O2S/c1-32-17-23-22(28(29,30)31)14-19(16-33-23)35-24(37)27(11-3-12-27)36(25(35)39)18-4-6-20(7-5-18)38-21-8-13-34-26(15-21)9-2-10-26/h4-7,14,16-17,21,34H,2-3,8-13,15H2,1H3. The van der Waals surface area contributed by atoms with Gasteiger partial charge in [0.25, 0.3) is 5.91 Å². The van der Waals surface area contributed by atoms with Crippen LogP contribution < -0.4 is 19.9 Å². The van der Waals surface area contributed by atoms with Crippen molar-refractivity contribution in [2.45, 2.75) is 74.7 Å². The number of aromatic nitrogens is 1. The average molecular weight is 558 g/mol. The van der Waals surface area contributed by atoms with Gasteiger partial charge in [0, 0.05) is 30.9 Å². The summed E-state index contributed by atoms with van der Waals surface area (Å²) in [5, 5.41) is 3.80. The van der Waals surface area contributed by atoms with Crippen molar-refractivity contribution in [3.63, 3.8) is 0 Å². The molecule has 1 aromatic carbocycles. The second-order valence-electron chi connectivity index (χ2n) is 10.9. The molecule has 7 nitrogen and oxygen atoms in total. The Labute approximate surface area is 230 Å². The number of hydrogen-bond donors (Lipinski definition) is 1. The number of thiocarbonyl (C=S) groups is 1. The van der Waals surface area contributed by atoms with Crippen molar-refractivity contribution in [1.82, 2.24) is 10.3 Å². The first kappa shape index (κ1) is 26.2. The van der Waals surface area contributed by atoms with E-state index in [1.807, 2.05) is 24.3 Å². The second-order valence-corrected chi connectivity index (χ2v) is 11.3. The van der Waals surface area contributed by atoms with E-state index in [-0.39, 0.29) is 34.0 Å². The predicted octanol–water partition coefficient (Wildman–Crippen LogP) is 5.26. The molecular weight excluding hydrogens is 527 g/mol. The summed E-state index contributed by atoms with van der Waals surface area (Å²) in [5.41, 5.74) is -1.25. The van der Waals surface area contributed by atoms with Gasteiger partial charge in [-0.05, 0) is 94.0 Å². The number of piperidine rings is 1. The first-order valence-corrected chi connectivity index (χ1v) is 13.8. The minimum absolute atomic E-state index is 0.00450. The average Bonchev–Trinajstić information content (AvgIpc) is 3.10. The van der Waals surface area contributed by atoms with Crippen molar-refractivity contribution in [2.75, 3.05) is 23.4 Å². The van der Waals surface area contributed by atoms with Crippen molar-refractivity contribution in [2.24, 2.45) is 4.99 Å². The monoisotopic (exact) mass is 557 g/mol. The number of hydrogen-bond acceptors (Lipinski definition) is 6. The summed E-state index contributed by atoms with van der Waals surface area (Å²) in [7, 11) is 1.38. The lowest BCUT2D eigenvalue weighted by Gasteiger charge is -2.48. The van der Waals surface area contributed by atoms with Crippen LogP contribution in [0.25, 0.3) is 0 Å². The largest absolute Gasteiger partial charge is 0.490 e. The number of ether oxygens (including phenoxy) is 1. The maximum atomic E-state index is 13.8. The van der Waals surface area contributed by atoms with E-state index in [1.54, 1.807) is 4.90 Å². The van der Waals surface area contributed by atoms with E-state index in [0.717, 1.165) is 43.8 Å². The van der Waals surface area contributed by atoms with Gasteiger partial charge in [-0.15, -0.1) is 0 Å². The third kappa shape index (κ3) is 4.39. The zero-order valence-corrected chi connectivity index (χ0v) is 22.4. The van der Waals surface area contributed by atoms with Crippen LogP contribution in [0.4, 0.5) is 24.5 Å². The number of nitrogens with zero attached hydrogens (tertiary/aromatic N) is 4. The highest BCUT2D eigenvalue weighted by Crippen LogP contribution is 2.48. The zero-order valence-electron chi connectivity index (χ0n) is 21.6. The zero-order chi connectivity index (χ0) is 27.4. The van der Waals surface area contributed by atoms with E-state index in [0.29, 0.717) is 18.5 Å². The SMILES string of the molecule is CN=Cc1ncc(N2C(=O)C3(CCC3)N(c3ccc(OC4CCNC5(CCC5)C4)cc3)C2=S)cc1C(F)(F)F. The fourth-order valence-corrected chi connectivity index (χ4v) is 6.78. The second kappa shape index (κ2) is 9.55. The van der Waals surface area contributed by atoms with Gasteiger partial charge in [-0.2, -0.15) is 13.2 Å². The maximum Gasteiger partial charge on any atom is 0.418 e. The van der Waals surface area contributed by atoms with Crippen LogP contribution in [-0.2, 0) is 11.0 Å². The molecule has 206 valence electrons. The van der Waals surface area contributed by atoms with Crippen molar-refractivity contribution >= 4 is 40.8 Å². The molecule has 0 bridgehead atoms. The van der Waals surface area contributed by atoms with Crippen molar-refractivity contribution in [3.05, 3.63) is 47.8 Å². The number of anilines is 2. The first-order valence-electron chi connectivity index (χ1n) is 13.4. The Morgan fingerprint density at radius 1 is 1.15 bits per heavy atom. The molecule has 2 aliphatic heterocycles. The first-order chi connectivity index (χ1) is 18.7. The van der Waals surface area contributed by atoms with Crippen LogP contribution in [0.3, 0.4) is 0 Å². The molecule has 2 saturated carbocycles. The maximum absolute atomic E-state index is 13.8. The van der Waals surface area contributed by atoms with Crippen LogP contribution in [-0.4, -0.2) is 53.0 Å². The van der Waals surface area contributed by atoms with E-state index in [9.17, 15) is 18.0 Å². The number of alkyl halides is 3. The Morgan fingerprint density at radius 3 is 2.46 bits per heavy atom. The number of rotatable bonds is 5.